The van der Waals surface area contributed by atoms with Crippen molar-refractivity contribution in [2.75, 3.05) is 6.61 Å². The maximum absolute atomic E-state index is 12.3. The van der Waals surface area contributed by atoms with Crippen molar-refractivity contribution in [1.82, 2.24) is 4.57 Å². The first-order valence-electron chi connectivity index (χ1n) is 7.96. The molecule has 0 bridgehead atoms. The molecule has 1 aromatic carbocycles. The summed E-state index contributed by atoms with van der Waals surface area (Å²) >= 11 is 5.90. The molecule has 0 aliphatic carbocycles. The number of carbonyl (C=O) groups excluding carboxylic acids is 2. The minimum Gasteiger partial charge on any atom is -0.479 e. The third kappa shape index (κ3) is 4.42. The molecule has 0 saturated heterocycles. The number of hydrogen-bond acceptors (Lipinski definition) is 4. The molecule has 1 unspecified atom stereocenters. The van der Waals surface area contributed by atoms with Gasteiger partial charge in [-0.15, -0.1) is 0 Å². The fourth-order valence-electron chi connectivity index (χ4n) is 2.45. The zero-order chi connectivity index (χ0) is 18.7. The van der Waals surface area contributed by atoms with Crippen LogP contribution in [-0.2, 0) is 16.6 Å². The van der Waals surface area contributed by atoms with Crippen LogP contribution in [0.2, 0.25) is 5.02 Å². The van der Waals surface area contributed by atoms with E-state index in [0.29, 0.717) is 16.3 Å². The van der Waals surface area contributed by atoms with Gasteiger partial charge in [0.25, 0.3) is 0 Å². The van der Waals surface area contributed by atoms with Crippen LogP contribution in [0.15, 0.2) is 24.3 Å². The number of benzene rings is 1. The van der Waals surface area contributed by atoms with Gasteiger partial charge < -0.3 is 14.0 Å². The lowest BCUT2D eigenvalue weighted by Gasteiger charge is -2.15. The number of ketones is 1. The molecule has 0 aliphatic rings. The summed E-state index contributed by atoms with van der Waals surface area (Å²) in [7, 11) is 1.89. The van der Waals surface area contributed by atoms with E-state index in [1.165, 1.54) is 0 Å². The number of halogens is 1. The van der Waals surface area contributed by atoms with E-state index in [2.05, 4.69) is 0 Å². The summed E-state index contributed by atoms with van der Waals surface area (Å²) in [4.78, 5) is 24.3. The molecule has 0 spiro atoms. The minimum atomic E-state index is -0.828. The molecule has 6 heteroatoms. The van der Waals surface area contributed by atoms with Crippen molar-refractivity contribution in [2.24, 2.45) is 7.05 Å². The third-order valence-electron chi connectivity index (χ3n) is 4.19. The van der Waals surface area contributed by atoms with Gasteiger partial charge in [-0.3, -0.25) is 4.79 Å². The molecule has 5 nitrogen and oxygen atoms in total. The van der Waals surface area contributed by atoms with Crippen molar-refractivity contribution in [3.8, 4) is 5.75 Å². The van der Waals surface area contributed by atoms with E-state index in [1.54, 1.807) is 31.2 Å². The lowest BCUT2D eigenvalue weighted by atomic mass is 10.1. The molecule has 0 saturated carbocycles. The van der Waals surface area contributed by atoms with Crippen molar-refractivity contribution >= 4 is 23.4 Å². The Kier molecular flexibility index (Phi) is 5.90. The molecule has 134 valence electrons. The zero-order valence-electron chi connectivity index (χ0n) is 15.1. The molecule has 2 aromatic rings. The van der Waals surface area contributed by atoms with Gasteiger partial charge in [-0.05, 0) is 57.5 Å². The van der Waals surface area contributed by atoms with Gasteiger partial charge in [0.05, 0.1) is 0 Å². The van der Waals surface area contributed by atoms with Crippen LogP contribution in [0.1, 0.15) is 34.2 Å². The van der Waals surface area contributed by atoms with Gasteiger partial charge in [0.1, 0.15) is 5.75 Å². The Morgan fingerprint density at radius 2 is 1.88 bits per heavy atom. The highest BCUT2D eigenvalue weighted by atomic mass is 35.5. The summed E-state index contributed by atoms with van der Waals surface area (Å²) in [6, 6.07) is 6.93. The van der Waals surface area contributed by atoms with Crippen molar-refractivity contribution < 1.29 is 19.1 Å². The molecule has 1 heterocycles. The Morgan fingerprint density at radius 3 is 2.44 bits per heavy atom. The monoisotopic (exact) mass is 363 g/mol. The SMILES string of the molecule is Cc1cc(Cl)ccc1OC(C)C(=O)OCC(=O)c1cc(C)n(C)c1C. The highest BCUT2D eigenvalue weighted by molar-refractivity contribution is 6.30. The van der Waals surface area contributed by atoms with Gasteiger partial charge in [-0.25, -0.2) is 4.79 Å². The number of nitrogens with zero attached hydrogens (tertiary/aromatic N) is 1. The molecule has 25 heavy (non-hydrogen) atoms. The Balaban J connectivity index is 1.94. The van der Waals surface area contributed by atoms with Crippen molar-refractivity contribution in [3.63, 3.8) is 0 Å². The summed E-state index contributed by atoms with van der Waals surface area (Å²) < 4.78 is 12.6. The van der Waals surface area contributed by atoms with Crippen LogP contribution in [0.5, 0.6) is 5.75 Å². The first-order chi connectivity index (χ1) is 11.7. The summed E-state index contributed by atoms with van der Waals surface area (Å²) in [5, 5.41) is 0.596. The summed E-state index contributed by atoms with van der Waals surface area (Å²) in [6.45, 7) is 6.88. The normalized spacial score (nSPS) is 11.9. The fraction of sp³-hybridized carbons (Fsp3) is 0.368. The summed E-state index contributed by atoms with van der Waals surface area (Å²) in [5.74, 6) is -0.271. The van der Waals surface area contributed by atoms with E-state index in [0.717, 1.165) is 17.0 Å². The van der Waals surface area contributed by atoms with Crippen LogP contribution in [0, 0.1) is 20.8 Å². The number of aryl methyl sites for hydroxylation is 2. The first kappa shape index (κ1) is 19.1. The van der Waals surface area contributed by atoms with Crippen molar-refractivity contribution in [3.05, 3.63) is 51.8 Å². The van der Waals surface area contributed by atoms with Gasteiger partial charge in [-0.2, -0.15) is 0 Å². The van der Waals surface area contributed by atoms with Gasteiger partial charge in [0, 0.05) is 29.0 Å². The number of ether oxygens (including phenoxy) is 2. The van der Waals surface area contributed by atoms with Gasteiger partial charge in [-0.1, -0.05) is 11.6 Å². The van der Waals surface area contributed by atoms with E-state index in [4.69, 9.17) is 21.1 Å². The maximum atomic E-state index is 12.3. The van der Waals surface area contributed by atoms with Crippen LogP contribution in [0.25, 0.3) is 0 Å². The second-order valence-corrected chi connectivity index (χ2v) is 6.48. The van der Waals surface area contributed by atoms with E-state index in [-0.39, 0.29) is 12.4 Å². The number of hydrogen-bond donors (Lipinski definition) is 0. The van der Waals surface area contributed by atoms with E-state index in [9.17, 15) is 9.59 Å². The lowest BCUT2D eigenvalue weighted by molar-refractivity contribution is -0.149. The maximum Gasteiger partial charge on any atom is 0.347 e. The van der Waals surface area contributed by atoms with Crippen LogP contribution >= 0.6 is 11.6 Å². The largest absolute Gasteiger partial charge is 0.479 e. The average molecular weight is 364 g/mol. The van der Waals surface area contributed by atoms with E-state index in [1.807, 2.05) is 32.4 Å². The highest BCUT2D eigenvalue weighted by Crippen LogP contribution is 2.23. The molecule has 0 amide bonds. The fourth-order valence-corrected chi connectivity index (χ4v) is 2.68. The zero-order valence-corrected chi connectivity index (χ0v) is 15.8. The number of esters is 1. The van der Waals surface area contributed by atoms with Gasteiger partial charge in [0.2, 0.25) is 5.78 Å². The molecule has 0 radical (unpaired) electrons. The van der Waals surface area contributed by atoms with Crippen molar-refractivity contribution in [2.45, 2.75) is 33.8 Å². The van der Waals surface area contributed by atoms with Gasteiger partial charge >= 0.3 is 5.97 Å². The molecule has 0 fully saturated rings. The highest BCUT2D eigenvalue weighted by Gasteiger charge is 2.20. The number of aromatic nitrogens is 1. The summed E-state index contributed by atoms with van der Waals surface area (Å²) in [6.07, 6.45) is -0.828. The Labute approximate surface area is 152 Å². The Hall–Kier alpha value is -2.27. The second kappa shape index (κ2) is 7.74. The standard InChI is InChI=1S/C19H22ClNO4/c1-11-8-15(20)6-7-18(11)25-14(4)19(23)24-10-17(22)16-9-12(2)21(5)13(16)3/h6-9,14H,10H2,1-5H3. The minimum absolute atomic E-state index is 0.232. The second-order valence-electron chi connectivity index (χ2n) is 6.04. The summed E-state index contributed by atoms with van der Waals surface area (Å²) in [5.41, 5.74) is 3.20. The molecular weight excluding hydrogens is 342 g/mol. The lowest BCUT2D eigenvalue weighted by Crippen LogP contribution is -2.28. The van der Waals surface area contributed by atoms with Crippen molar-refractivity contribution in [1.29, 1.82) is 0 Å². The quantitative estimate of drug-likeness (QED) is 0.578. The molecular formula is C19H22ClNO4. The third-order valence-corrected chi connectivity index (χ3v) is 4.43. The first-order valence-corrected chi connectivity index (χ1v) is 8.34. The smallest absolute Gasteiger partial charge is 0.347 e. The average Bonchev–Trinajstić information content (AvgIpc) is 2.82. The molecule has 1 aromatic heterocycles. The van der Waals surface area contributed by atoms with Crippen LogP contribution < -0.4 is 4.74 Å². The van der Waals surface area contributed by atoms with Crippen LogP contribution in [0.4, 0.5) is 0 Å². The van der Waals surface area contributed by atoms with E-state index >= 15 is 0 Å². The molecule has 1 atom stereocenters. The van der Waals surface area contributed by atoms with Gasteiger partial charge in [0.15, 0.2) is 12.7 Å². The number of rotatable bonds is 6. The molecule has 0 aliphatic heterocycles. The molecule has 0 N–H and O–H groups in total. The predicted octanol–water partition coefficient (Wildman–Crippen LogP) is 3.80. The van der Waals surface area contributed by atoms with E-state index < -0.39 is 12.1 Å². The molecule has 2 rings (SSSR count). The number of carbonyl (C=O) groups is 2. The Morgan fingerprint density at radius 1 is 1.20 bits per heavy atom. The van der Waals surface area contributed by atoms with Crippen LogP contribution in [0.3, 0.4) is 0 Å². The van der Waals surface area contributed by atoms with Crippen LogP contribution in [-0.4, -0.2) is 29.0 Å². The predicted molar refractivity (Wildman–Crippen MR) is 96.5 cm³/mol. The Bertz CT molecular complexity index is 810. The number of Topliss-reactive ketones (excluding diaryl/α,β-unsaturated/α-hetero) is 1. The topological polar surface area (TPSA) is 57.5 Å².